The highest BCUT2D eigenvalue weighted by Crippen LogP contribution is 2.42. The van der Waals surface area contributed by atoms with E-state index >= 15 is 0 Å². The Bertz CT molecular complexity index is 1310. The average molecular weight is 514 g/mol. The minimum absolute atomic E-state index is 0.0373. The van der Waals surface area contributed by atoms with Crippen molar-refractivity contribution in [2.75, 3.05) is 38.8 Å². The maximum absolute atomic E-state index is 13.6. The molecule has 1 aliphatic heterocycles. The molecule has 0 aliphatic carbocycles. The Labute approximate surface area is 211 Å². The van der Waals surface area contributed by atoms with Gasteiger partial charge in [-0.25, -0.2) is 0 Å². The number of aliphatic hydroxyl groups is 1. The van der Waals surface area contributed by atoms with Crippen molar-refractivity contribution >= 4 is 46.3 Å². The van der Waals surface area contributed by atoms with Gasteiger partial charge in [-0.1, -0.05) is 11.6 Å². The molecule has 0 radical (unpaired) electrons. The lowest BCUT2D eigenvalue weighted by atomic mass is 10.0. The molecule has 4 rings (SSSR count). The highest BCUT2D eigenvalue weighted by molar-refractivity contribution is 7.17. The second-order valence-corrected chi connectivity index (χ2v) is 9.24. The summed E-state index contributed by atoms with van der Waals surface area (Å²) in [5.74, 6) is -0.218. The summed E-state index contributed by atoms with van der Waals surface area (Å²) in [6.45, 7) is 0.188. The molecule has 0 saturated carbocycles. The number of hydrogen-bond donors (Lipinski definition) is 3. The fourth-order valence-electron chi connectivity index (χ4n) is 3.91. The van der Waals surface area contributed by atoms with Crippen LogP contribution >= 0.6 is 22.9 Å². The number of hydrogen-bond acceptors (Lipinski definition) is 6. The van der Waals surface area contributed by atoms with Gasteiger partial charge in [0, 0.05) is 48.6 Å². The predicted octanol–water partition coefficient (Wildman–Crippen LogP) is 3.36. The third kappa shape index (κ3) is 4.88. The van der Waals surface area contributed by atoms with Gasteiger partial charge in [-0.15, -0.1) is 11.3 Å². The lowest BCUT2D eigenvalue weighted by Gasteiger charge is -2.23. The minimum atomic E-state index is -0.309. The van der Waals surface area contributed by atoms with Crippen molar-refractivity contribution in [1.82, 2.24) is 10.6 Å². The third-order valence-corrected chi connectivity index (χ3v) is 7.16. The normalized spacial score (nSPS) is 12.0. The summed E-state index contributed by atoms with van der Waals surface area (Å²) in [6.07, 6.45) is 0.602. The van der Waals surface area contributed by atoms with Crippen LogP contribution in [-0.4, -0.2) is 56.7 Å². The van der Waals surface area contributed by atoms with Gasteiger partial charge in [0.25, 0.3) is 17.7 Å². The Hall–Kier alpha value is -3.40. The summed E-state index contributed by atoms with van der Waals surface area (Å²) in [7, 11) is 3.09. The van der Waals surface area contributed by atoms with Crippen molar-refractivity contribution in [3.63, 3.8) is 0 Å². The highest BCUT2D eigenvalue weighted by atomic mass is 35.5. The van der Waals surface area contributed by atoms with Crippen molar-refractivity contribution in [3.05, 3.63) is 69.1 Å². The smallest absolute Gasteiger partial charge is 0.268 e. The Balaban J connectivity index is 1.70. The first-order valence-corrected chi connectivity index (χ1v) is 12.1. The number of aliphatic hydroxyl groups excluding tert-OH is 1. The molecular formula is C25H24ClN3O5S. The SMILES string of the molecule is CNC(=O)c1ccc(N(CCO)C(=O)c2cc3c(s2)-c2ccc(C(=O)NC)cc2OCC3)c(Cl)c1. The zero-order chi connectivity index (χ0) is 25.1. The number of amides is 3. The number of halogens is 1. The van der Waals surface area contributed by atoms with E-state index in [1.54, 1.807) is 31.3 Å². The Morgan fingerprint density at radius 3 is 2.40 bits per heavy atom. The minimum Gasteiger partial charge on any atom is -0.493 e. The molecule has 3 aromatic rings. The van der Waals surface area contributed by atoms with E-state index in [2.05, 4.69) is 10.6 Å². The molecule has 0 atom stereocenters. The van der Waals surface area contributed by atoms with Crippen molar-refractivity contribution in [1.29, 1.82) is 0 Å². The molecule has 3 N–H and O–H groups in total. The van der Waals surface area contributed by atoms with Crippen molar-refractivity contribution in [3.8, 4) is 16.2 Å². The molecule has 0 spiro atoms. The van der Waals surface area contributed by atoms with E-state index < -0.39 is 0 Å². The molecule has 0 unspecified atom stereocenters. The first-order chi connectivity index (χ1) is 16.9. The number of anilines is 1. The molecule has 1 aromatic heterocycles. The first kappa shape index (κ1) is 24.7. The van der Waals surface area contributed by atoms with Gasteiger partial charge in [0.2, 0.25) is 0 Å². The second-order valence-electron chi connectivity index (χ2n) is 7.78. The number of rotatable bonds is 6. The molecule has 182 valence electrons. The largest absolute Gasteiger partial charge is 0.493 e. The fourth-order valence-corrected chi connectivity index (χ4v) is 5.38. The molecule has 0 fully saturated rings. The molecular weight excluding hydrogens is 490 g/mol. The number of carbonyl (C=O) groups excluding carboxylic acids is 3. The number of thiophene rings is 1. The Morgan fingerprint density at radius 1 is 1.06 bits per heavy atom. The molecule has 0 saturated heterocycles. The van der Waals surface area contributed by atoms with Gasteiger partial charge in [-0.2, -0.15) is 0 Å². The lowest BCUT2D eigenvalue weighted by Crippen LogP contribution is -2.33. The van der Waals surface area contributed by atoms with Crippen LogP contribution in [-0.2, 0) is 6.42 Å². The van der Waals surface area contributed by atoms with E-state index in [4.69, 9.17) is 16.3 Å². The maximum Gasteiger partial charge on any atom is 0.268 e. The van der Waals surface area contributed by atoms with Crippen LogP contribution in [0.15, 0.2) is 42.5 Å². The lowest BCUT2D eigenvalue weighted by molar-refractivity contribution is 0.0955. The molecule has 2 aromatic carbocycles. The molecule has 1 aliphatic rings. The summed E-state index contributed by atoms with van der Waals surface area (Å²) in [4.78, 5) is 40.3. The van der Waals surface area contributed by atoms with Crippen LogP contribution < -0.4 is 20.3 Å². The number of fused-ring (bicyclic) bond motifs is 3. The molecule has 0 bridgehead atoms. The first-order valence-electron chi connectivity index (χ1n) is 10.9. The van der Waals surface area contributed by atoms with Crippen molar-refractivity contribution in [2.45, 2.75) is 6.42 Å². The van der Waals surface area contributed by atoms with Crippen LogP contribution in [0.5, 0.6) is 5.75 Å². The van der Waals surface area contributed by atoms with Crippen LogP contribution in [0.4, 0.5) is 5.69 Å². The average Bonchev–Trinajstić information content (AvgIpc) is 3.22. The van der Waals surface area contributed by atoms with Crippen LogP contribution in [0.3, 0.4) is 0 Å². The molecule has 8 nitrogen and oxygen atoms in total. The third-order valence-electron chi connectivity index (χ3n) is 5.66. The summed E-state index contributed by atoms with van der Waals surface area (Å²) in [5, 5.41) is 15.0. The molecule has 35 heavy (non-hydrogen) atoms. The van der Waals surface area contributed by atoms with Crippen LogP contribution in [0.25, 0.3) is 10.4 Å². The van der Waals surface area contributed by atoms with Gasteiger partial charge < -0.3 is 25.4 Å². The van der Waals surface area contributed by atoms with Gasteiger partial charge in [0.15, 0.2) is 0 Å². The van der Waals surface area contributed by atoms with Gasteiger partial charge in [-0.3, -0.25) is 14.4 Å². The monoisotopic (exact) mass is 513 g/mol. The van der Waals surface area contributed by atoms with Crippen molar-refractivity contribution < 1.29 is 24.2 Å². The topological polar surface area (TPSA) is 108 Å². The fraction of sp³-hybridized carbons (Fsp3) is 0.240. The zero-order valence-electron chi connectivity index (χ0n) is 19.2. The summed E-state index contributed by atoms with van der Waals surface area (Å²) < 4.78 is 5.88. The predicted molar refractivity (Wildman–Crippen MR) is 136 cm³/mol. The summed E-state index contributed by atoms with van der Waals surface area (Å²) in [6, 6.07) is 11.8. The standard InChI is InChI=1S/C25H24ClN3O5S/c1-27-23(31)15-4-6-19(18(26)11-15)29(8-9-30)25(33)21-13-14-7-10-34-20-12-16(24(32)28-2)3-5-17(20)22(14)35-21/h3-6,11-13,30H,7-10H2,1-2H3,(H,27,31)(H,28,32). The van der Waals surface area contributed by atoms with Gasteiger partial charge in [0.1, 0.15) is 5.75 Å². The van der Waals surface area contributed by atoms with Gasteiger partial charge in [0.05, 0.1) is 28.8 Å². The molecule has 2 heterocycles. The zero-order valence-corrected chi connectivity index (χ0v) is 20.8. The van der Waals surface area contributed by atoms with Gasteiger partial charge in [-0.05, 0) is 48.0 Å². The van der Waals surface area contributed by atoms with E-state index in [1.807, 2.05) is 12.1 Å². The summed E-state index contributed by atoms with van der Waals surface area (Å²) >= 11 is 7.76. The summed E-state index contributed by atoms with van der Waals surface area (Å²) in [5.41, 5.74) is 3.05. The number of nitrogens with one attached hydrogen (secondary N) is 2. The highest BCUT2D eigenvalue weighted by Gasteiger charge is 2.26. The van der Waals surface area contributed by atoms with E-state index in [0.717, 1.165) is 16.0 Å². The second kappa shape index (κ2) is 10.5. The quantitative estimate of drug-likeness (QED) is 0.468. The van der Waals surface area contributed by atoms with Crippen LogP contribution in [0.2, 0.25) is 5.02 Å². The maximum atomic E-state index is 13.6. The van der Waals surface area contributed by atoms with E-state index in [0.29, 0.717) is 40.5 Å². The number of ether oxygens (including phenoxy) is 1. The molecule has 3 amide bonds. The van der Waals surface area contributed by atoms with Crippen LogP contribution in [0, 0.1) is 0 Å². The number of carbonyl (C=O) groups is 3. The van der Waals surface area contributed by atoms with Crippen molar-refractivity contribution in [2.24, 2.45) is 0 Å². The van der Waals surface area contributed by atoms with Gasteiger partial charge >= 0.3 is 0 Å². The number of nitrogens with zero attached hydrogens (tertiary/aromatic N) is 1. The Morgan fingerprint density at radius 2 is 1.74 bits per heavy atom. The van der Waals surface area contributed by atoms with E-state index in [1.165, 1.54) is 29.4 Å². The number of benzene rings is 2. The van der Waals surface area contributed by atoms with Crippen LogP contribution in [0.1, 0.15) is 36.0 Å². The van der Waals surface area contributed by atoms with E-state index in [-0.39, 0.29) is 35.9 Å². The van der Waals surface area contributed by atoms with E-state index in [9.17, 15) is 19.5 Å². The molecule has 10 heteroatoms. The Kier molecular flexibility index (Phi) is 7.39.